The zero-order chi connectivity index (χ0) is 9.28. The summed E-state index contributed by atoms with van der Waals surface area (Å²) >= 11 is 0. The van der Waals surface area contributed by atoms with Gasteiger partial charge in [0, 0.05) is 19.5 Å². The van der Waals surface area contributed by atoms with Crippen molar-refractivity contribution < 1.29 is 4.79 Å². The maximum Gasteiger partial charge on any atom is 0.222 e. The third-order valence-corrected chi connectivity index (χ3v) is 1.42. The number of hydrogen-bond donors (Lipinski definition) is 0. The van der Waals surface area contributed by atoms with E-state index >= 15 is 0 Å². The van der Waals surface area contributed by atoms with Gasteiger partial charge in [0.15, 0.2) is 0 Å². The number of carbonyl (C=O) groups excluding carboxylic acids is 1. The Hall–Kier alpha value is -0.530. The quantitative estimate of drug-likeness (QED) is 0.618. The van der Waals surface area contributed by atoms with E-state index in [-0.39, 0.29) is 5.91 Å². The van der Waals surface area contributed by atoms with Crippen molar-refractivity contribution in [1.29, 1.82) is 0 Å². The molecule has 0 aromatic heterocycles. The molecule has 0 bridgehead atoms. The van der Waals surface area contributed by atoms with Gasteiger partial charge in [-0.3, -0.25) is 4.79 Å². The first-order chi connectivity index (χ1) is 5.26. The van der Waals surface area contributed by atoms with Crippen LogP contribution in [-0.4, -0.2) is 23.9 Å². The van der Waals surface area contributed by atoms with Crippen LogP contribution in [0.15, 0.2) is 0 Å². The zero-order valence-electron chi connectivity index (χ0n) is 8.48. The molecule has 0 heterocycles. The Kier molecular flexibility index (Phi) is 11.3. The molecule has 2 heteroatoms. The Morgan fingerprint density at radius 3 is 1.55 bits per heavy atom. The van der Waals surface area contributed by atoms with E-state index in [0.717, 1.165) is 13.1 Å². The van der Waals surface area contributed by atoms with Gasteiger partial charge in [0.2, 0.25) is 5.91 Å². The smallest absolute Gasteiger partial charge is 0.222 e. The highest BCUT2D eigenvalue weighted by atomic mass is 16.2. The van der Waals surface area contributed by atoms with Gasteiger partial charge in [0.1, 0.15) is 0 Å². The molecule has 0 spiro atoms. The Balaban J connectivity index is 0. The average molecular weight is 159 g/mol. The van der Waals surface area contributed by atoms with E-state index in [9.17, 15) is 4.79 Å². The van der Waals surface area contributed by atoms with Crippen LogP contribution in [0.4, 0.5) is 0 Å². The maximum atomic E-state index is 10.9. The lowest BCUT2D eigenvalue weighted by Crippen LogP contribution is -2.29. The minimum Gasteiger partial charge on any atom is -0.343 e. The molecule has 0 fully saturated rings. The van der Waals surface area contributed by atoms with E-state index in [0.29, 0.717) is 6.42 Å². The molecule has 68 valence electrons. The lowest BCUT2D eigenvalue weighted by molar-refractivity contribution is -0.130. The predicted molar refractivity (Wildman–Crippen MR) is 49.6 cm³/mol. The van der Waals surface area contributed by atoms with E-state index < -0.39 is 0 Å². The molecule has 0 aliphatic heterocycles. The fourth-order valence-corrected chi connectivity index (χ4v) is 0.800. The second kappa shape index (κ2) is 9.47. The molecule has 11 heavy (non-hydrogen) atoms. The summed E-state index contributed by atoms with van der Waals surface area (Å²) in [6, 6.07) is 0. The predicted octanol–water partition coefficient (Wildman–Crippen LogP) is 2.29. The molecule has 0 radical (unpaired) electrons. The van der Waals surface area contributed by atoms with E-state index in [1.807, 2.05) is 39.5 Å². The number of hydrogen-bond acceptors (Lipinski definition) is 1. The summed E-state index contributed by atoms with van der Waals surface area (Å²) in [5.74, 6) is 0.250. The first-order valence-electron chi connectivity index (χ1n) is 4.54. The summed E-state index contributed by atoms with van der Waals surface area (Å²) in [6.45, 7) is 11.6. The number of carbonyl (C=O) groups is 1. The zero-order valence-corrected chi connectivity index (χ0v) is 8.48. The van der Waals surface area contributed by atoms with E-state index in [4.69, 9.17) is 0 Å². The van der Waals surface area contributed by atoms with Crippen LogP contribution < -0.4 is 0 Å². The molecule has 0 rings (SSSR count). The van der Waals surface area contributed by atoms with Gasteiger partial charge >= 0.3 is 0 Å². The van der Waals surface area contributed by atoms with E-state index in [1.54, 1.807) is 0 Å². The van der Waals surface area contributed by atoms with Gasteiger partial charge in [-0.2, -0.15) is 0 Å². The molecule has 0 N–H and O–H groups in total. The second-order valence-electron chi connectivity index (χ2n) is 1.92. The van der Waals surface area contributed by atoms with Crippen LogP contribution in [0.5, 0.6) is 0 Å². The summed E-state index contributed by atoms with van der Waals surface area (Å²) in [5, 5.41) is 0. The molecular weight excluding hydrogens is 138 g/mol. The minimum atomic E-state index is 0.250. The molecule has 0 aliphatic rings. The Morgan fingerprint density at radius 2 is 1.45 bits per heavy atom. The highest BCUT2D eigenvalue weighted by Gasteiger charge is 2.03. The topological polar surface area (TPSA) is 20.3 Å². The van der Waals surface area contributed by atoms with Gasteiger partial charge in [-0.15, -0.1) is 0 Å². The third-order valence-electron chi connectivity index (χ3n) is 1.42. The van der Waals surface area contributed by atoms with Crippen LogP contribution >= 0.6 is 0 Å². The molecule has 2 nitrogen and oxygen atoms in total. The van der Waals surface area contributed by atoms with Crippen LogP contribution in [0.1, 0.15) is 41.0 Å². The molecule has 1 amide bonds. The van der Waals surface area contributed by atoms with Crippen LogP contribution in [0, 0.1) is 0 Å². The first kappa shape index (κ1) is 13.1. The van der Waals surface area contributed by atoms with Crippen molar-refractivity contribution in [2.45, 2.75) is 41.0 Å². The molecule has 0 aromatic rings. The standard InChI is InChI=1S/C7H15NO.C2H6/c1-4-7(9)8(5-2)6-3;1-2/h4-6H2,1-3H3;1-2H3. The monoisotopic (exact) mass is 159 g/mol. The first-order valence-corrected chi connectivity index (χ1v) is 4.54. The summed E-state index contributed by atoms with van der Waals surface area (Å²) in [4.78, 5) is 12.7. The molecule has 0 saturated carbocycles. The van der Waals surface area contributed by atoms with Crippen LogP contribution in [-0.2, 0) is 4.79 Å². The highest BCUT2D eigenvalue weighted by Crippen LogP contribution is 1.91. The molecule has 0 unspecified atom stereocenters. The lowest BCUT2D eigenvalue weighted by atomic mass is 10.4. The van der Waals surface area contributed by atoms with E-state index in [1.165, 1.54) is 0 Å². The lowest BCUT2D eigenvalue weighted by Gasteiger charge is -2.16. The largest absolute Gasteiger partial charge is 0.343 e. The SMILES string of the molecule is CC.CCC(=O)N(CC)CC. The Bertz CT molecular complexity index is 87.6. The number of nitrogens with zero attached hydrogens (tertiary/aromatic N) is 1. The molecule has 0 atom stereocenters. The van der Waals surface area contributed by atoms with Crippen LogP contribution in [0.25, 0.3) is 0 Å². The van der Waals surface area contributed by atoms with Crippen molar-refractivity contribution in [3.05, 3.63) is 0 Å². The van der Waals surface area contributed by atoms with Crippen molar-refractivity contribution in [2.75, 3.05) is 13.1 Å². The van der Waals surface area contributed by atoms with Gasteiger partial charge in [0.05, 0.1) is 0 Å². The Labute approximate surface area is 70.6 Å². The van der Waals surface area contributed by atoms with Crippen molar-refractivity contribution in [2.24, 2.45) is 0 Å². The van der Waals surface area contributed by atoms with Crippen molar-refractivity contribution in [3.63, 3.8) is 0 Å². The van der Waals surface area contributed by atoms with E-state index in [2.05, 4.69) is 0 Å². The van der Waals surface area contributed by atoms with Gasteiger partial charge in [-0.1, -0.05) is 20.8 Å². The third kappa shape index (κ3) is 5.89. The number of amides is 1. The van der Waals surface area contributed by atoms with Crippen LogP contribution in [0.3, 0.4) is 0 Å². The normalized spacial score (nSPS) is 8.09. The second-order valence-corrected chi connectivity index (χ2v) is 1.92. The van der Waals surface area contributed by atoms with Gasteiger partial charge in [-0.05, 0) is 13.8 Å². The number of rotatable bonds is 3. The van der Waals surface area contributed by atoms with Gasteiger partial charge < -0.3 is 4.90 Å². The highest BCUT2D eigenvalue weighted by molar-refractivity contribution is 5.75. The minimum absolute atomic E-state index is 0.250. The van der Waals surface area contributed by atoms with Crippen LogP contribution in [0.2, 0.25) is 0 Å². The van der Waals surface area contributed by atoms with Gasteiger partial charge in [-0.25, -0.2) is 0 Å². The summed E-state index contributed by atoms with van der Waals surface area (Å²) < 4.78 is 0. The fraction of sp³-hybridized carbons (Fsp3) is 0.889. The van der Waals surface area contributed by atoms with Crippen molar-refractivity contribution in [1.82, 2.24) is 4.90 Å². The van der Waals surface area contributed by atoms with Crippen molar-refractivity contribution in [3.8, 4) is 0 Å². The molecule has 0 saturated heterocycles. The maximum absolute atomic E-state index is 10.9. The summed E-state index contributed by atoms with van der Waals surface area (Å²) in [5.41, 5.74) is 0. The molecule has 0 aliphatic carbocycles. The van der Waals surface area contributed by atoms with Crippen molar-refractivity contribution >= 4 is 5.91 Å². The summed E-state index contributed by atoms with van der Waals surface area (Å²) in [6.07, 6.45) is 0.627. The fourth-order valence-electron chi connectivity index (χ4n) is 0.800. The molecular formula is C9H21NO. The summed E-state index contributed by atoms with van der Waals surface area (Å²) in [7, 11) is 0. The van der Waals surface area contributed by atoms with Gasteiger partial charge in [0.25, 0.3) is 0 Å². The Morgan fingerprint density at radius 1 is 1.09 bits per heavy atom. The molecule has 0 aromatic carbocycles. The average Bonchev–Trinajstić information content (AvgIpc) is 2.10.